The second-order valence-electron chi connectivity index (χ2n) is 26.3. The van der Waals surface area contributed by atoms with Crippen LogP contribution in [0.15, 0.2) is 140 Å². The standard InChI is InChI=1S/C74H91ClN16O13/c1-41(2)32-57(66(97)84-56(20-12-30-79-74(77)78)73(104)91-31-13-21-63(91)72(103)82-42(3)64(95)90-70(101)60(83-43(4)93)36-47-38-80-54-18-10-8-16-51(47)54)86-67(98)58(34-44-14-6-5-7-15-44)87-68(99)59(35-46-24-28-50(94)29-25-46)88-71(102)62(40-92)89-69(100)61(37-48-39-81-55-19-11-9-17-52(48)55)85-65(96)53(76)33-45-22-26-49(75)27-23-45/h5-11,14-19,22-29,38-39,41-42,53,56-63,80-81,92,94H,12-13,20-21,30-37,40,76H2,1-4H3,(H,82,103)(H,83,93)(H,84,97)(H,85,96)(H,86,98)(H,87,99)(H,88,102)(H,89,100)(H4,77,78,79)(H,90,95,101)/t42-,53-,56+,57+,58-,59+,60-,61-,62+,63+/m1/s1. The molecule has 11 amide bonds. The van der Waals surface area contributed by atoms with Crippen molar-refractivity contribution in [2.45, 2.75) is 152 Å². The number of aromatic hydroxyl groups is 1. The smallest absolute Gasteiger partial charge is 0.249 e. The fourth-order valence-electron chi connectivity index (χ4n) is 12.3. The van der Waals surface area contributed by atoms with Crippen molar-refractivity contribution in [2.24, 2.45) is 17.4 Å². The number of hydrogen-bond acceptors (Lipinski definition) is 15. The number of guanidine groups is 1. The summed E-state index contributed by atoms with van der Waals surface area (Å²) in [4.78, 5) is 164. The maximum atomic E-state index is 15.0. The zero-order valence-electron chi connectivity index (χ0n) is 58.2. The van der Waals surface area contributed by atoms with Crippen molar-refractivity contribution < 1.29 is 63.0 Å². The number of aliphatic hydroxyl groups is 1. The monoisotopic (exact) mass is 1450 g/mol. The number of para-hydroxylation sites is 2. The molecule has 1 saturated heterocycles. The third kappa shape index (κ3) is 22.7. The maximum Gasteiger partial charge on any atom is 0.249 e. The van der Waals surface area contributed by atoms with Gasteiger partial charge in [-0.05, 0) is 116 Å². The van der Waals surface area contributed by atoms with Gasteiger partial charge in [-0.2, -0.15) is 0 Å². The topological polar surface area (TPSA) is 459 Å². The minimum absolute atomic E-state index is 0.00149. The summed E-state index contributed by atoms with van der Waals surface area (Å²) < 4.78 is 0. The van der Waals surface area contributed by atoms with E-state index in [0.717, 1.165) is 21.8 Å². The molecule has 19 N–H and O–H groups in total. The van der Waals surface area contributed by atoms with E-state index in [9.17, 15) is 63.0 Å². The third-order valence-corrected chi connectivity index (χ3v) is 18.0. The SMILES string of the molecule is CC(=O)N[C@H](Cc1c[nH]c2ccccc12)C(=O)NC(=O)[C@@H](C)NC(=O)[C@@H]1CCCN1C(=O)[C@H](CCCNC(=N)N)NC(=O)[C@H](CC(C)C)NC(=O)[C@@H](Cc1ccccc1)NC(=O)[C@H](Cc1ccc(O)cc1)NC(=O)[C@H](CO)NC(=O)[C@@H](Cc1c[nH]c2ccccc12)NC(=O)[C@H](N)Cc1ccc(Cl)cc1. The molecule has 8 rings (SSSR count). The van der Waals surface area contributed by atoms with Gasteiger partial charge in [0, 0.05) is 84.9 Å². The number of phenolic OH excluding ortho intramolecular Hbond substituents is 1. The van der Waals surface area contributed by atoms with E-state index in [4.69, 9.17) is 28.5 Å². The fraction of sp³-hybridized carbons (Fsp3) is 0.378. The number of nitrogens with zero attached hydrogens (tertiary/aromatic N) is 1. The number of amides is 11. The van der Waals surface area contributed by atoms with Gasteiger partial charge in [0.15, 0.2) is 5.96 Å². The van der Waals surface area contributed by atoms with E-state index in [1.807, 2.05) is 42.5 Å². The molecule has 0 spiro atoms. The molecule has 0 aliphatic carbocycles. The molecule has 0 saturated carbocycles. The Morgan fingerprint density at radius 2 is 1.03 bits per heavy atom. The van der Waals surface area contributed by atoms with Crippen LogP contribution in [0, 0.1) is 11.3 Å². The summed E-state index contributed by atoms with van der Waals surface area (Å²) in [6.45, 7) is 5.34. The van der Waals surface area contributed by atoms with Gasteiger partial charge in [-0.15, -0.1) is 0 Å². The van der Waals surface area contributed by atoms with E-state index in [2.05, 4.69) is 63.1 Å². The molecule has 7 aromatic rings. The lowest BCUT2D eigenvalue weighted by Crippen LogP contribution is -2.61. The van der Waals surface area contributed by atoms with Gasteiger partial charge in [0.25, 0.3) is 0 Å². The number of carbonyl (C=O) groups is 11. The average Bonchev–Trinajstić information content (AvgIpc) is 1.65. The van der Waals surface area contributed by atoms with Crippen LogP contribution in [0.3, 0.4) is 0 Å². The van der Waals surface area contributed by atoms with E-state index < -0.39 is 132 Å². The molecule has 104 heavy (non-hydrogen) atoms. The quantitative estimate of drug-likeness (QED) is 0.0153. The van der Waals surface area contributed by atoms with Crippen LogP contribution in [0.1, 0.15) is 87.6 Å². The van der Waals surface area contributed by atoms with Crippen molar-refractivity contribution in [3.05, 3.63) is 173 Å². The summed E-state index contributed by atoms with van der Waals surface area (Å²) >= 11 is 6.08. The number of nitrogens with two attached hydrogens (primary N) is 2. The normalized spacial score (nSPS) is 15.3. The molecule has 30 heteroatoms. The molecule has 5 aromatic carbocycles. The number of imide groups is 1. The molecule has 10 atom stereocenters. The Bertz CT molecular complexity index is 4190. The van der Waals surface area contributed by atoms with E-state index in [-0.39, 0.29) is 88.5 Å². The third-order valence-electron chi connectivity index (χ3n) is 17.7. The molecule has 552 valence electrons. The van der Waals surface area contributed by atoms with E-state index in [1.54, 1.807) is 86.9 Å². The van der Waals surface area contributed by atoms with E-state index in [0.29, 0.717) is 39.3 Å². The first-order chi connectivity index (χ1) is 49.7. The first-order valence-corrected chi connectivity index (χ1v) is 34.8. The van der Waals surface area contributed by atoms with Crippen LogP contribution in [0.25, 0.3) is 21.8 Å². The summed E-state index contributed by atoms with van der Waals surface area (Å²) in [6, 6.07) is 22.0. The molecular formula is C74H91ClN16O13. The zero-order valence-corrected chi connectivity index (χ0v) is 58.9. The summed E-state index contributed by atoms with van der Waals surface area (Å²) in [5.74, 6) is -9.63. The number of rotatable bonds is 35. The highest BCUT2D eigenvalue weighted by Gasteiger charge is 2.41. The number of likely N-dealkylation sites (tertiary alicyclic amines) is 1. The molecule has 0 unspecified atom stereocenters. The minimum Gasteiger partial charge on any atom is -0.508 e. The van der Waals surface area contributed by atoms with Gasteiger partial charge >= 0.3 is 0 Å². The second kappa shape index (κ2) is 37.7. The van der Waals surface area contributed by atoms with Crippen LogP contribution in [0.5, 0.6) is 5.75 Å². The number of phenols is 1. The molecule has 3 heterocycles. The van der Waals surface area contributed by atoms with Gasteiger partial charge in [0.2, 0.25) is 65.0 Å². The highest BCUT2D eigenvalue weighted by atomic mass is 35.5. The Labute approximate surface area is 605 Å². The lowest BCUT2D eigenvalue weighted by atomic mass is 9.99. The van der Waals surface area contributed by atoms with Gasteiger partial charge in [-0.25, -0.2) is 0 Å². The van der Waals surface area contributed by atoms with Crippen molar-refractivity contribution >= 4 is 104 Å². The molecule has 1 aliphatic heterocycles. The number of carbonyl (C=O) groups excluding carboxylic acids is 11. The highest BCUT2D eigenvalue weighted by Crippen LogP contribution is 2.24. The summed E-state index contributed by atoms with van der Waals surface area (Å²) in [5, 5.41) is 57.2. The Balaban J connectivity index is 0.977. The molecule has 29 nitrogen and oxygen atoms in total. The first-order valence-electron chi connectivity index (χ1n) is 34.4. The minimum atomic E-state index is -1.74. The van der Waals surface area contributed by atoms with Crippen LogP contribution in [-0.2, 0) is 84.8 Å². The predicted molar refractivity (Wildman–Crippen MR) is 389 cm³/mol. The van der Waals surface area contributed by atoms with Crippen molar-refractivity contribution in [2.75, 3.05) is 19.7 Å². The fourth-order valence-corrected chi connectivity index (χ4v) is 12.5. The number of nitrogens with one attached hydrogen (secondary N) is 13. The predicted octanol–water partition coefficient (Wildman–Crippen LogP) is 1.70. The number of halogens is 1. The lowest BCUT2D eigenvalue weighted by Gasteiger charge is -2.31. The van der Waals surface area contributed by atoms with E-state index >= 15 is 0 Å². The number of aromatic nitrogens is 2. The Morgan fingerprint density at radius 3 is 1.59 bits per heavy atom. The van der Waals surface area contributed by atoms with Gasteiger partial charge in [0.1, 0.15) is 60.1 Å². The van der Waals surface area contributed by atoms with Crippen LogP contribution in [0.2, 0.25) is 5.02 Å². The molecule has 0 radical (unpaired) electrons. The van der Waals surface area contributed by atoms with Gasteiger partial charge < -0.3 is 84.4 Å². The second-order valence-corrected chi connectivity index (χ2v) is 26.7. The molecular weight excluding hydrogens is 1360 g/mol. The summed E-state index contributed by atoms with van der Waals surface area (Å²) in [7, 11) is 0. The molecule has 2 aromatic heterocycles. The van der Waals surface area contributed by atoms with Crippen LogP contribution in [0.4, 0.5) is 0 Å². The summed E-state index contributed by atoms with van der Waals surface area (Å²) in [5.41, 5.74) is 16.5. The Kier molecular flexibility index (Phi) is 28.4. The highest BCUT2D eigenvalue weighted by molar-refractivity contribution is 6.30. The van der Waals surface area contributed by atoms with Crippen molar-refractivity contribution in [1.29, 1.82) is 5.41 Å². The van der Waals surface area contributed by atoms with Crippen molar-refractivity contribution in [3.63, 3.8) is 0 Å². The molecule has 1 fully saturated rings. The zero-order chi connectivity index (χ0) is 75.1. The number of H-pyrrole nitrogens is 2. The number of fused-ring (bicyclic) bond motifs is 2. The van der Waals surface area contributed by atoms with Gasteiger partial charge in [0.05, 0.1) is 12.6 Å². The van der Waals surface area contributed by atoms with E-state index in [1.165, 1.54) is 43.0 Å². The first kappa shape index (κ1) is 78.5. The number of aromatic amines is 2. The number of benzene rings is 5. The van der Waals surface area contributed by atoms with Gasteiger partial charge in [-0.1, -0.05) is 116 Å². The van der Waals surface area contributed by atoms with Crippen LogP contribution >= 0.6 is 11.6 Å². The van der Waals surface area contributed by atoms with Crippen LogP contribution in [-0.4, -0.2) is 176 Å². The van der Waals surface area contributed by atoms with Gasteiger partial charge in [-0.3, -0.25) is 63.5 Å². The Hall–Kier alpha value is -11.2. The van der Waals surface area contributed by atoms with Crippen molar-refractivity contribution in [3.8, 4) is 5.75 Å². The largest absolute Gasteiger partial charge is 0.508 e. The number of hydrogen-bond donors (Lipinski definition) is 17. The molecule has 1 aliphatic rings. The maximum absolute atomic E-state index is 15.0. The summed E-state index contributed by atoms with van der Waals surface area (Å²) in [6.07, 6.45) is 3.56. The lowest BCUT2D eigenvalue weighted by molar-refractivity contribution is -0.143. The van der Waals surface area contributed by atoms with Crippen molar-refractivity contribution in [1.82, 2.24) is 68.0 Å². The average molecular weight is 1450 g/mol. The Morgan fingerprint density at radius 1 is 0.558 bits per heavy atom. The van der Waals surface area contributed by atoms with Crippen LogP contribution < -0.4 is 64.6 Å². The molecule has 0 bridgehead atoms. The number of aliphatic hydroxyl groups excluding tert-OH is 1.